The van der Waals surface area contributed by atoms with Crippen LogP contribution in [0.3, 0.4) is 0 Å². The van der Waals surface area contributed by atoms with E-state index in [1.54, 1.807) is 0 Å². The Balaban J connectivity index is 4.00. The van der Waals surface area contributed by atoms with Gasteiger partial charge in [0, 0.05) is 0 Å². The van der Waals surface area contributed by atoms with Crippen LogP contribution in [0.2, 0.25) is 0 Å². The average Bonchev–Trinajstić information content (AvgIpc) is 2.02. The van der Waals surface area contributed by atoms with E-state index in [0.717, 1.165) is 0 Å². The Kier molecular flexibility index (Phi) is 4.75. The van der Waals surface area contributed by atoms with Crippen molar-refractivity contribution in [1.82, 2.24) is 0 Å². The van der Waals surface area contributed by atoms with E-state index in [-0.39, 0.29) is 0 Å². The number of hydrogen-bond donors (Lipinski definition) is 0. The molecule has 0 aliphatic rings. The fourth-order valence-corrected chi connectivity index (χ4v) is 0.449. The first-order valence-electron chi connectivity index (χ1n) is 3.49. The second-order valence-electron chi connectivity index (χ2n) is 2.62. The third kappa shape index (κ3) is 4.63. The van der Waals surface area contributed by atoms with Crippen molar-refractivity contribution >= 4 is 0 Å². The van der Waals surface area contributed by atoms with Crippen molar-refractivity contribution in [3.05, 3.63) is 0 Å². The number of alkyl halides is 8. The fourth-order valence-electron chi connectivity index (χ4n) is 0.449. The molecule has 0 atom stereocenters. The summed E-state index contributed by atoms with van der Waals surface area (Å²) in [6.07, 6.45) is -8.20. The van der Waals surface area contributed by atoms with Crippen molar-refractivity contribution in [2.45, 2.75) is 24.7 Å². The molecule has 1 nitrogen and oxygen atoms in total. The van der Waals surface area contributed by atoms with E-state index in [1.807, 2.05) is 0 Å². The van der Waals surface area contributed by atoms with Gasteiger partial charge in [-0.2, -0.15) is 17.6 Å². The van der Waals surface area contributed by atoms with Crippen LogP contribution in [-0.2, 0) is 4.74 Å². The van der Waals surface area contributed by atoms with E-state index < -0.39 is 37.9 Å². The molecule has 0 bridgehead atoms. The summed E-state index contributed by atoms with van der Waals surface area (Å²) in [5.41, 5.74) is 0. The molecule has 0 fully saturated rings. The standard InChI is InChI=1S/C6H6F8O/c7-3(8)5(11,12)1-15-2-6(13,14)4(9)10/h3-4H,1-2H2. The molecule has 0 radical (unpaired) electrons. The van der Waals surface area contributed by atoms with Crippen LogP contribution >= 0.6 is 0 Å². The zero-order chi connectivity index (χ0) is 12.3. The normalized spacial score (nSPS) is 14.0. The molecule has 92 valence electrons. The van der Waals surface area contributed by atoms with Crippen LogP contribution in [0, 0.1) is 0 Å². The Labute approximate surface area is 79.0 Å². The lowest BCUT2D eigenvalue weighted by Gasteiger charge is -2.18. The molecule has 0 saturated carbocycles. The molecule has 0 aromatic carbocycles. The maximum Gasteiger partial charge on any atom is 0.330 e. The summed E-state index contributed by atoms with van der Waals surface area (Å²) in [5.74, 6) is -9.25. The monoisotopic (exact) mass is 246 g/mol. The molecule has 15 heavy (non-hydrogen) atoms. The average molecular weight is 246 g/mol. The lowest BCUT2D eigenvalue weighted by molar-refractivity contribution is -0.205. The van der Waals surface area contributed by atoms with Gasteiger partial charge in [0.15, 0.2) is 0 Å². The third-order valence-electron chi connectivity index (χ3n) is 1.23. The van der Waals surface area contributed by atoms with Crippen molar-refractivity contribution in [3.8, 4) is 0 Å². The second kappa shape index (κ2) is 4.95. The summed E-state index contributed by atoms with van der Waals surface area (Å²) in [4.78, 5) is 0. The predicted octanol–water partition coefficient (Wildman–Crippen LogP) is 2.80. The molecule has 0 saturated heterocycles. The molecule has 0 aliphatic heterocycles. The quantitative estimate of drug-likeness (QED) is 0.655. The molecule has 0 aromatic heterocycles. The van der Waals surface area contributed by atoms with E-state index in [1.165, 1.54) is 0 Å². The van der Waals surface area contributed by atoms with Crippen LogP contribution < -0.4 is 0 Å². The molecular formula is C6H6F8O. The van der Waals surface area contributed by atoms with Gasteiger partial charge < -0.3 is 4.74 Å². The zero-order valence-corrected chi connectivity index (χ0v) is 7.00. The predicted molar refractivity (Wildman–Crippen MR) is 32.7 cm³/mol. The van der Waals surface area contributed by atoms with Gasteiger partial charge in [-0.25, -0.2) is 17.6 Å². The molecule has 0 unspecified atom stereocenters. The summed E-state index contributed by atoms with van der Waals surface area (Å²) in [5, 5.41) is 0. The van der Waals surface area contributed by atoms with Gasteiger partial charge in [0.1, 0.15) is 13.2 Å². The van der Waals surface area contributed by atoms with E-state index in [2.05, 4.69) is 4.74 Å². The highest BCUT2D eigenvalue weighted by atomic mass is 19.3. The fraction of sp³-hybridized carbons (Fsp3) is 1.00. The van der Waals surface area contributed by atoms with Crippen molar-refractivity contribution in [3.63, 3.8) is 0 Å². The summed E-state index contributed by atoms with van der Waals surface area (Å²) in [6, 6.07) is 0. The lowest BCUT2D eigenvalue weighted by Crippen LogP contribution is -2.37. The first kappa shape index (κ1) is 14.4. The molecule has 0 aliphatic carbocycles. The Morgan fingerprint density at radius 1 is 0.733 bits per heavy atom. The molecule has 0 aromatic rings. The van der Waals surface area contributed by atoms with Crippen LogP contribution in [0.5, 0.6) is 0 Å². The van der Waals surface area contributed by atoms with E-state index >= 15 is 0 Å². The Bertz CT molecular complexity index is 172. The maximum absolute atomic E-state index is 12.0. The Hall–Kier alpha value is -0.600. The first-order valence-corrected chi connectivity index (χ1v) is 3.49. The van der Waals surface area contributed by atoms with Crippen molar-refractivity contribution in [2.75, 3.05) is 13.2 Å². The van der Waals surface area contributed by atoms with Crippen molar-refractivity contribution < 1.29 is 39.9 Å². The highest BCUT2D eigenvalue weighted by Gasteiger charge is 2.45. The van der Waals surface area contributed by atoms with Crippen LogP contribution in [0.15, 0.2) is 0 Å². The first-order chi connectivity index (χ1) is 6.59. The SMILES string of the molecule is FC(F)C(F)(F)COCC(F)(F)C(F)F. The van der Waals surface area contributed by atoms with Gasteiger partial charge in [-0.15, -0.1) is 0 Å². The summed E-state index contributed by atoms with van der Waals surface area (Å²) in [7, 11) is 0. The van der Waals surface area contributed by atoms with E-state index in [0.29, 0.717) is 0 Å². The van der Waals surface area contributed by atoms with Crippen molar-refractivity contribution in [1.29, 1.82) is 0 Å². The van der Waals surface area contributed by atoms with Gasteiger partial charge >= 0.3 is 24.7 Å². The summed E-state index contributed by atoms with van der Waals surface area (Å²) in [6.45, 7) is -4.07. The van der Waals surface area contributed by atoms with E-state index in [4.69, 9.17) is 0 Å². The van der Waals surface area contributed by atoms with E-state index in [9.17, 15) is 35.1 Å². The Morgan fingerprint density at radius 2 is 1.00 bits per heavy atom. The highest BCUT2D eigenvalue weighted by Crippen LogP contribution is 2.26. The number of rotatable bonds is 6. The second-order valence-corrected chi connectivity index (χ2v) is 2.62. The highest BCUT2D eigenvalue weighted by molar-refractivity contribution is 4.71. The minimum Gasteiger partial charge on any atom is -0.368 e. The van der Waals surface area contributed by atoms with Gasteiger partial charge in [-0.05, 0) is 0 Å². The molecule has 0 heterocycles. The third-order valence-corrected chi connectivity index (χ3v) is 1.23. The van der Waals surface area contributed by atoms with Crippen molar-refractivity contribution in [2.24, 2.45) is 0 Å². The van der Waals surface area contributed by atoms with Crippen LogP contribution in [-0.4, -0.2) is 37.9 Å². The smallest absolute Gasteiger partial charge is 0.330 e. The number of ether oxygens (including phenoxy) is 1. The van der Waals surface area contributed by atoms with Gasteiger partial charge in [0.2, 0.25) is 0 Å². The van der Waals surface area contributed by atoms with Gasteiger partial charge in [0.25, 0.3) is 0 Å². The van der Waals surface area contributed by atoms with Gasteiger partial charge in [-0.3, -0.25) is 0 Å². The Morgan fingerprint density at radius 3 is 1.20 bits per heavy atom. The van der Waals surface area contributed by atoms with Gasteiger partial charge in [-0.1, -0.05) is 0 Å². The molecule has 9 heteroatoms. The zero-order valence-electron chi connectivity index (χ0n) is 7.00. The number of hydrogen-bond acceptors (Lipinski definition) is 1. The minimum absolute atomic E-state index is 2.03. The molecular weight excluding hydrogens is 240 g/mol. The largest absolute Gasteiger partial charge is 0.368 e. The number of halogens is 8. The minimum atomic E-state index is -4.63. The van der Waals surface area contributed by atoms with Crippen LogP contribution in [0.25, 0.3) is 0 Å². The van der Waals surface area contributed by atoms with Gasteiger partial charge in [0.05, 0.1) is 0 Å². The molecule has 0 amide bonds. The maximum atomic E-state index is 12.0. The molecule has 0 N–H and O–H groups in total. The topological polar surface area (TPSA) is 9.23 Å². The van der Waals surface area contributed by atoms with Crippen LogP contribution in [0.1, 0.15) is 0 Å². The van der Waals surface area contributed by atoms with Crippen LogP contribution in [0.4, 0.5) is 35.1 Å². The lowest BCUT2D eigenvalue weighted by atomic mass is 10.3. The molecule has 0 rings (SSSR count). The summed E-state index contributed by atoms with van der Waals surface area (Å²) < 4.78 is 97.2. The summed E-state index contributed by atoms with van der Waals surface area (Å²) >= 11 is 0. The molecule has 0 spiro atoms.